The van der Waals surface area contributed by atoms with E-state index in [9.17, 15) is 9.70 Å². The number of methoxy groups -OCH3 is 1. The summed E-state index contributed by atoms with van der Waals surface area (Å²) in [4.78, 5) is 22.4. The highest BCUT2D eigenvalue weighted by Crippen LogP contribution is 2.30. The highest BCUT2D eigenvalue weighted by molar-refractivity contribution is 6.09. The summed E-state index contributed by atoms with van der Waals surface area (Å²) in [6, 6.07) is 4.94. The van der Waals surface area contributed by atoms with Gasteiger partial charge in [-0.1, -0.05) is 0 Å². The number of fused-ring (bicyclic) bond motifs is 1. The molecule has 94 valence electrons. The Morgan fingerprint density at radius 1 is 1.50 bits per heavy atom. The second-order valence-electron chi connectivity index (χ2n) is 3.83. The molecule has 0 bridgehead atoms. The molecule has 1 heterocycles. The SMILES string of the molecule is CCn1c(N)c(C(=O)OC)c2ccc([NH+]=O)cc21. The first-order valence-corrected chi connectivity index (χ1v) is 5.52. The Morgan fingerprint density at radius 2 is 2.22 bits per heavy atom. The maximum absolute atomic E-state index is 11.7. The van der Waals surface area contributed by atoms with Crippen molar-refractivity contribution < 1.29 is 14.7 Å². The summed E-state index contributed by atoms with van der Waals surface area (Å²) in [5, 5.41) is 2.50. The standard InChI is InChI=1S/C12H13N3O3/c1-3-15-9-6-7(14-17)4-5-8(9)10(11(15)13)12(16)18-2/h4-6H,3,13H2,1-2H3/p+1. The number of esters is 1. The van der Waals surface area contributed by atoms with Crippen LogP contribution < -0.4 is 10.9 Å². The summed E-state index contributed by atoms with van der Waals surface area (Å²) in [7, 11) is 1.31. The number of carbonyl (C=O) groups excluding carboxylic acids is 1. The van der Waals surface area contributed by atoms with Crippen LogP contribution >= 0.6 is 0 Å². The van der Waals surface area contributed by atoms with Gasteiger partial charge in [0.1, 0.15) is 11.4 Å². The van der Waals surface area contributed by atoms with Gasteiger partial charge in [0.15, 0.2) is 0 Å². The van der Waals surface area contributed by atoms with Crippen LogP contribution in [0.1, 0.15) is 17.3 Å². The summed E-state index contributed by atoms with van der Waals surface area (Å²) in [5.74, 6) is -0.130. The highest BCUT2D eigenvalue weighted by Gasteiger charge is 2.21. The van der Waals surface area contributed by atoms with Crippen molar-refractivity contribution in [2.75, 3.05) is 12.8 Å². The van der Waals surface area contributed by atoms with Gasteiger partial charge in [-0.15, -0.1) is 0 Å². The Bertz CT molecular complexity index is 631. The third kappa shape index (κ3) is 1.62. The number of anilines is 1. The van der Waals surface area contributed by atoms with Gasteiger partial charge >= 0.3 is 5.97 Å². The van der Waals surface area contributed by atoms with Crippen LogP contribution in [0.25, 0.3) is 10.9 Å². The first-order chi connectivity index (χ1) is 8.63. The maximum Gasteiger partial charge on any atom is 0.342 e. The lowest BCUT2D eigenvalue weighted by atomic mass is 10.1. The fourth-order valence-corrected chi connectivity index (χ4v) is 2.09. The van der Waals surface area contributed by atoms with Gasteiger partial charge in [-0.05, 0) is 13.0 Å². The summed E-state index contributed by atoms with van der Waals surface area (Å²) in [6.07, 6.45) is 0. The second kappa shape index (κ2) is 4.48. The monoisotopic (exact) mass is 248 g/mol. The molecular formula is C12H14N3O3+. The Hall–Kier alpha value is -2.37. The largest absolute Gasteiger partial charge is 0.465 e. The molecule has 0 unspecified atom stereocenters. The smallest absolute Gasteiger partial charge is 0.342 e. The van der Waals surface area contributed by atoms with Crippen LogP contribution in [0.2, 0.25) is 0 Å². The lowest BCUT2D eigenvalue weighted by Gasteiger charge is -2.03. The number of nitroso groups, excluding NO2 is 1. The van der Waals surface area contributed by atoms with Crippen LogP contribution in [0.5, 0.6) is 0 Å². The molecule has 0 aliphatic heterocycles. The second-order valence-corrected chi connectivity index (χ2v) is 3.83. The maximum atomic E-state index is 11.7. The van der Waals surface area contributed by atoms with E-state index in [1.165, 1.54) is 7.11 Å². The van der Waals surface area contributed by atoms with E-state index in [0.717, 1.165) is 5.52 Å². The highest BCUT2D eigenvalue weighted by atomic mass is 16.5. The lowest BCUT2D eigenvalue weighted by molar-refractivity contribution is -0.379. The molecule has 0 fully saturated rings. The zero-order chi connectivity index (χ0) is 13.3. The third-order valence-corrected chi connectivity index (χ3v) is 2.93. The van der Waals surface area contributed by atoms with E-state index < -0.39 is 5.97 Å². The van der Waals surface area contributed by atoms with Gasteiger partial charge in [0, 0.05) is 34.1 Å². The number of rotatable bonds is 3. The number of nitrogens with zero attached hydrogens (tertiary/aromatic N) is 1. The molecule has 1 aromatic carbocycles. The number of hydrogen-bond acceptors (Lipinski definition) is 4. The summed E-state index contributed by atoms with van der Waals surface area (Å²) in [6.45, 7) is 2.51. The summed E-state index contributed by atoms with van der Waals surface area (Å²) in [5.41, 5.74) is 7.45. The Kier molecular flexibility index (Phi) is 3.01. The van der Waals surface area contributed by atoms with Crippen molar-refractivity contribution in [2.24, 2.45) is 0 Å². The molecule has 18 heavy (non-hydrogen) atoms. The molecule has 0 spiro atoms. The molecule has 3 N–H and O–H groups in total. The summed E-state index contributed by atoms with van der Waals surface area (Å²) < 4.78 is 6.50. The minimum atomic E-state index is -0.479. The number of ether oxygens (including phenoxy) is 1. The minimum Gasteiger partial charge on any atom is -0.465 e. The van der Waals surface area contributed by atoms with Crippen molar-refractivity contribution >= 4 is 28.4 Å². The van der Waals surface area contributed by atoms with E-state index in [2.05, 4.69) is 0 Å². The number of aryl methyl sites for hydroxylation is 1. The molecule has 0 saturated carbocycles. The molecule has 6 nitrogen and oxygen atoms in total. The molecule has 0 aliphatic carbocycles. The first kappa shape index (κ1) is 12.1. The number of aromatic nitrogens is 1. The van der Waals surface area contributed by atoms with Crippen LogP contribution in [-0.2, 0) is 11.3 Å². The van der Waals surface area contributed by atoms with Crippen LogP contribution in [0.4, 0.5) is 11.5 Å². The van der Waals surface area contributed by atoms with Crippen molar-refractivity contribution in [2.45, 2.75) is 13.5 Å². The molecule has 0 saturated heterocycles. The predicted octanol–water partition coefficient (Wildman–Crippen LogP) is 0.509. The fourth-order valence-electron chi connectivity index (χ4n) is 2.09. The number of nitrogen functional groups attached to an aromatic ring is 1. The fraction of sp³-hybridized carbons (Fsp3) is 0.250. The molecule has 0 aliphatic rings. The predicted molar refractivity (Wildman–Crippen MR) is 67.4 cm³/mol. The molecule has 6 heteroatoms. The Morgan fingerprint density at radius 3 is 2.78 bits per heavy atom. The molecule has 2 aromatic rings. The number of nitrogens with one attached hydrogen (secondary N) is 1. The van der Waals surface area contributed by atoms with E-state index in [4.69, 9.17) is 10.5 Å². The van der Waals surface area contributed by atoms with E-state index in [0.29, 0.717) is 29.0 Å². The van der Waals surface area contributed by atoms with E-state index in [-0.39, 0.29) is 0 Å². The van der Waals surface area contributed by atoms with E-state index >= 15 is 0 Å². The average Bonchev–Trinajstić information content (AvgIpc) is 2.68. The topological polar surface area (TPSA) is 88.3 Å². The van der Waals surface area contributed by atoms with Crippen LogP contribution in [0.3, 0.4) is 0 Å². The van der Waals surface area contributed by atoms with Crippen molar-refractivity contribution in [3.8, 4) is 0 Å². The zero-order valence-electron chi connectivity index (χ0n) is 10.2. The van der Waals surface area contributed by atoms with Crippen molar-refractivity contribution in [3.63, 3.8) is 0 Å². The molecule has 0 amide bonds. The summed E-state index contributed by atoms with van der Waals surface area (Å²) >= 11 is 0. The molecular weight excluding hydrogens is 234 g/mol. The third-order valence-electron chi connectivity index (χ3n) is 2.93. The average molecular weight is 248 g/mol. The first-order valence-electron chi connectivity index (χ1n) is 5.52. The van der Waals surface area contributed by atoms with Gasteiger partial charge < -0.3 is 15.0 Å². The lowest BCUT2D eigenvalue weighted by Crippen LogP contribution is -2.55. The zero-order valence-corrected chi connectivity index (χ0v) is 10.2. The van der Waals surface area contributed by atoms with Crippen molar-refractivity contribution in [1.82, 2.24) is 4.57 Å². The van der Waals surface area contributed by atoms with Gasteiger partial charge in [-0.3, -0.25) is 0 Å². The number of carbonyl (C=O) groups is 1. The number of nitrogens with two attached hydrogens (primary N) is 1. The van der Waals surface area contributed by atoms with Gasteiger partial charge in [-0.2, -0.15) is 0 Å². The van der Waals surface area contributed by atoms with Crippen molar-refractivity contribution in [3.05, 3.63) is 28.7 Å². The number of hydrogen-bond donors (Lipinski definition) is 2. The van der Waals surface area contributed by atoms with Crippen LogP contribution in [0.15, 0.2) is 18.2 Å². The number of benzene rings is 1. The van der Waals surface area contributed by atoms with Gasteiger partial charge in [0.2, 0.25) is 0 Å². The Balaban J connectivity index is 2.83. The quantitative estimate of drug-likeness (QED) is 0.774. The normalized spacial score (nSPS) is 10.6. The molecule has 1 aromatic heterocycles. The van der Waals surface area contributed by atoms with E-state index in [1.807, 2.05) is 12.1 Å². The van der Waals surface area contributed by atoms with E-state index in [1.54, 1.807) is 22.8 Å². The van der Waals surface area contributed by atoms with Gasteiger partial charge in [-0.25, -0.2) is 4.79 Å². The Labute approximate surface area is 103 Å². The van der Waals surface area contributed by atoms with Gasteiger partial charge in [0.25, 0.3) is 5.69 Å². The van der Waals surface area contributed by atoms with Crippen molar-refractivity contribution in [1.29, 1.82) is 0 Å². The minimum absolute atomic E-state index is 0.340. The molecule has 2 rings (SSSR count). The van der Waals surface area contributed by atoms with Crippen LogP contribution in [-0.4, -0.2) is 17.6 Å². The molecule has 0 radical (unpaired) electrons. The van der Waals surface area contributed by atoms with Gasteiger partial charge in [0.05, 0.1) is 12.6 Å². The van der Waals surface area contributed by atoms with Crippen LogP contribution in [0, 0.1) is 4.91 Å². The molecule has 0 atom stereocenters.